The van der Waals surface area contributed by atoms with Crippen LogP contribution in [0.1, 0.15) is 34.0 Å². The van der Waals surface area contributed by atoms with Crippen molar-refractivity contribution in [3.05, 3.63) is 70.8 Å². The van der Waals surface area contributed by atoms with E-state index in [9.17, 15) is 4.79 Å². The summed E-state index contributed by atoms with van der Waals surface area (Å²) in [5, 5.41) is 2.92. The second-order valence-electron chi connectivity index (χ2n) is 4.76. The highest BCUT2D eigenvalue weighted by Gasteiger charge is 2.05. The highest BCUT2D eigenvalue weighted by Crippen LogP contribution is 2.07. The number of hydrogen-bond acceptors (Lipinski definition) is 2. The molecular formula is C17H20N2O. The lowest BCUT2D eigenvalue weighted by atomic mass is 10.1. The molecule has 0 fully saturated rings. The van der Waals surface area contributed by atoms with E-state index >= 15 is 0 Å². The van der Waals surface area contributed by atoms with Crippen molar-refractivity contribution < 1.29 is 4.79 Å². The summed E-state index contributed by atoms with van der Waals surface area (Å²) in [7, 11) is 0. The van der Waals surface area contributed by atoms with Crippen LogP contribution in [0.15, 0.2) is 48.5 Å². The molecule has 0 aliphatic rings. The Bertz CT molecular complexity index is 576. The zero-order chi connectivity index (χ0) is 14.4. The summed E-state index contributed by atoms with van der Waals surface area (Å²) in [6.45, 7) is 3.11. The van der Waals surface area contributed by atoms with Crippen molar-refractivity contribution in [2.45, 2.75) is 26.4 Å². The van der Waals surface area contributed by atoms with E-state index in [2.05, 4.69) is 36.5 Å². The van der Waals surface area contributed by atoms with Gasteiger partial charge in [0, 0.05) is 18.7 Å². The van der Waals surface area contributed by atoms with Gasteiger partial charge in [-0.3, -0.25) is 4.79 Å². The van der Waals surface area contributed by atoms with Crippen LogP contribution in [0.2, 0.25) is 0 Å². The van der Waals surface area contributed by atoms with Gasteiger partial charge in [0.2, 0.25) is 0 Å². The zero-order valence-corrected chi connectivity index (χ0v) is 11.7. The van der Waals surface area contributed by atoms with Crippen LogP contribution in [-0.2, 0) is 19.5 Å². The van der Waals surface area contributed by atoms with Crippen LogP contribution >= 0.6 is 0 Å². The Kier molecular flexibility index (Phi) is 4.91. The minimum atomic E-state index is -0.0696. The average Bonchev–Trinajstić information content (AvgIpc) is 2.53. The van der Waals surface area contributed by atoms with Crippen LogP contribution in [0.5, 0.6) is 0 Å². The standard InChI is InChI=1S/C17H20N2O/c1-2-13-6-8-14(9-7-13)12-19-17(20)16-5-3-4-15(10-16)11-18/h3-10H,2,11-12,18H2,1H3,(H,19,20). The maximum absolute atomic E-state index is 12.1. The SMILES string of the molecule is CCc1ccc(CNC(=O)c2cccc(CN)c2)cc1. The first kappa shape index (κ1) is 14.3. The molecule has 104 valence electrons. The molecular weight excluding hydrogens is 248 g/mol. The van der Waals surface area contributed by atoms with Crippen molar-refractivity contribution in [2.24, 2.45) is 5.73 Å². The highest BCUT2D eigenvalue weighted by molar-refractivity contribution is 5.94. The number of nitrogens with one attached hydrogen (secondary N) is 1. The Morgan fingerprint density at radius 2 is 1.75 bits per heavy atom. The lowest BCUT2D eigenvalue weighted by Crippen LogP contribution is -2.23. The van der Waals surface area contributed by atoms with E-state index in [1.807, 2.05) is 18.2 Å². The number of amides is 1. The number of rotatable bonds is 5. The van der Waals surface area contributed by atoms with E-state index in [0.29, 0.717) is 18.7 Å². The predicted molar refractivity (Wildman–Crippen MR) is 81.3 cm³/mol. The molecule has 0 saturated carbocycles. The second kappa shape index (κ2) is 6.87. The van der Waals surface area contributed by atoms with E-state index in [1.165, 1.54) is 5.56 Å². The van der Waals surface area contributed by atoms with Gasteiger partial charge in [-0.25, -0.2) is 0 Å². The monoisotopic (exact) mass is 268 g/mol. The molecule has 0 spiro atoms. The molecule has 2 aromatic rings. The third kappa shape index (κ3) is 3.68. The Balaban J connectivity index is 1.97. The number of benzene rings is 2. The van der Waals surface area contributed by atoms with Gasteiger partial charge in [0.1, 0.15) is 0 Å². The summed E-state index contributed by atoms with van der Waals surface area (Å²) in [5.41, 5.74) is 9.60. The van der Waals surface area contributed by atoms with Gasteiger partial charge >= 0.3 is 0 Å². The van der Waals surface area contributed by atoms with Crippen LogP contribution in [0.3, 0.4) is 0 Å². The molecule has 0 aliphatic carbocycles. The predicted octanol–water partition coefficient (Wildman–Crippen LogP) is 2.64. The molecule has 0 unspecified atom stereocenters. The van der Waals surface area contributed by atoms with E-state index in [-0.39, 0.29) is 5.91 Å². The topological polar surface area (TPSA) is 55.1 Å². The molecule has 3 N–H and O–H groups in total. The Morgan fingerprint density at radius 1 is 1.05 bits per heavy atom. The first-order valence-corrected chi connectivity index (χ1v) is 6.88. The van der Waals surface area contributed by atoms with Crippen LogP contribution in [0, 0.1) is 0 Å². The Labute approximate surface area is 119 Å². The number of aryl methyl sites for hydroxylation is 1. The summed E-state index contributed by atoms with van der Waals surface area (Å²) in [6.07, 6.45) is 1.03. The summed E-state index contributed by atoms with van der Waals surface area (Å²) >= 11 is 0. The minimum Gasteiger partial charge on any atom is -0.348 e. The number of nitrogens with two attached hydrogens (primary N) is 1. The molecule has 3 heteroatoms. The Hall–Kier alpha value is -2.13. The number of hydrogen-bond donors (Lipinski definition) is 2. The molecule has 0 atom stereocenters. The molecule has 0 heterocycles. The lowest BCUT2D eigenvalue weighted by molar-refractivity contribution is 0.0951. The van der Waals surface area contributed by atoms with Gasteiger partial charge in [-0.05, 0) is 35.2 Å². The van der Waals surface area contributed by atoms with Crippen LogP contribution in [-0.4, -0.2) is 5.91 Å². The third-order valence-electron chi connectivity index (χ3n) is 3.31. The van der Waals surface area contributed by atoms with E-state index < -0.39 is 0 Å². The largest absolute Gasteiger partial charge is 0.348 e. The highest BCUT2D eigenvalue weighted by atomic mass is 16.1. The molecule has 0 radical (unpaired) electrons. The summed E-state index contributed by atoms with van der Waals surface area (Å²) < 4.78 is 0. The van der Waals surface area contributed by atoms with Crippen molar-refractivity contribution >= 4 is 5.91 Å². The van der Waals surface area contributed by atoms with Gasteiger partial charge in [0.15, 0.2) is 0 Å². The molecule has 20 heavy (non-hydrogen) atoms. The van der Waals surface area contributed by atoms with Gasteiger partial charge in [0.05, 0.1) is 0 Å². The average molecular weight is 268 g/mol. The Morgan fingerprint density at radius 3 is 2.40 bits per heavy atom. The van der Waals surface area contributed by atoms with Crippen LogP contribution < -0.4 is 11.1 Å². The molecule has 3 nitrogen and oxygen atoms in total. The van der Waals surface area contributed by atoms with Gasteiger partial charge in [-0.1, -0.05) is 43.3 Å². The first-order chi connectivity index (χ1) is 9.72. The molecule has 0 aliphatic heterocycles. The maximum atomic E-state index is 12.1. The lowest BCUT2D eigenvalue weighted by Gasteiger charge is -2.07. The van der Waals surface area contributed by atoms with Crippen LogP contribution in [0.4, 0.5) is 0 Å². The molecule has 0 saturated heterocycles. The summed E-state index contributed by atoms with van der Waals surface area (Å²) in [5.74, 6) is -0.0696. The van der Waals surface area contributed by atoms with Crippen molar-refractivity contribution in [1.29, 1.82) is 0 Å². The van der Waals surface area contributed by atoms with Crippen molar-refractivity contribution in [3.8, 4) is 0 Å². The van der Waals surface area contributed by atoms with E-state index in [1.54, 1.807) is 6.07 Å². The van der Waals surface area contributed by atoms with Gasteiger partial charge in [0.25, 0.3) is 5.91 Å². The maximum Gasteiger partial charge on any atom is 0.251 e. The van der Waals surface area contributed by atoms with Crippen molar-refractivity contribution in [3.63, 3.8) is 0 Å². The molecule has 2 aromatic carbocycles. The minimum absolute atomic E-state index is 0.0696. The van der Waals surface area contributed by atoms with Crippen molar-refractivity contribution in [2.75, 3.05) is 0 Å². The molecule has 1 amide bonds. The van der Waals surface area contributed by atoms with Crippen molar-refractivity contribution in [1.82, 2.24) is 5.32 Å². The molecule has 0 aromatic heterocycles. The third-order valence-corrected chi connectivity index (χ3v) is 3.31. The van der Waals surface area contributed by atoms with Gasteiger partial charge < -0.3 is 11.1 Å². The summed E-state index contributed by atoms with van der Waals surface area (Å²) in [4.78, 5) is 12.1. The van der Waals surface area contributed by atoms with Gasteiger partial charge in [-0.15, -0.1) is 0 Å². The first-order valence-electron chi connectivity index (χ1n) is 6.88. The number of carbonyl (C=O) groups is 1. The summed E-state index contributed by atoms with van der Waals surface area (Å²) in [6, 6.07) is 15.7. The smallest absolute Gasteiger partial charge is 0.251 e. The van der Waals surface area contributed by atoms with E-state index in [4.69, 9.17) is 5.73 Å². The fourth-order valence-corrected chi connectivity index (χ4v) is 2.02. The zero-order valence-electron chi connectivity index (χ0n) is 11.7. The van der Waals surface area contributed by atoms with Crippen LogP contribution in [0.25, 0.3) is 0 Å². The van der Waals surface area contributed by atoms with Gasteiger partial charge in [-0.2, -0.15) is 0 Å². The molecule has 2 rings (SSSR count). The fourth-order valence-electron chi connectivity index (χ4n) is 2.02. The fraction of sp³-hybridized carbons (Fsp3) is 0.235. The number of carbonyl (C=O) groups excluding carboxylic acids is 1. The quantitative estimate of drug-likeness (QED) is 0.876. The second-order valence-corrected chi connectivity index (χ2v) is 4.76. The molecule has 0 bridgehead atoms. The normalized spacial score (nSPS) is 10.3. The van der Waals surface area contributed by atoms with E-state index in [0.717, 1.165) is 17.5 Å².